The largest absolute Gasteiger partial charge is 0.464 e. The van der Waals surface area contributed by atoms with Crippen molar-refractivity contribution in [2.45, 2.75) is 219 Å². The maximum absolute atomic E-state index is 15.3. The van der Waals surface area contributed by atoms with Gasteiger partial charge in [-0.25, -0.2) is 0 Å². The Labute approximate surface area is 338 Å². The van der Waals surface area contributed by atoms with E-state index < -0.39 is 22.8 Å². The molecule has 0 aromatic heterocycles. The SMILES string of the molecule is CCCCCCCCCCCCOC(=O)C(C(=O)OCCCCCCCCCCCC)(c1c(C)cccc1C(C)(C)C)c1c(C)cc(S)cc1C(C)(C)C. The van der Waals surface area contributed by atoms with Gasteiger partial charge in [-0.2, -0.15) is 0 Å². The molecule has 0 amide bonds. The Bertz CT molecular complexity index is 1360. The molecule has 5 heteroatoms. The second-order valence-electron chi connectivity index (χ2n) is 18.1. The second-order valence-corrected chi connectivity index (χ2v) is 18.6. The van der Waals surface area contributed by atoms with Gasteiger partial charge in [0.25, 0.3) is 0 Å². The molecule has 2 aromatic rings. The molecule has 2 aromatic carbocycles. The lowest BCUT2D eigenvalue weighted by atomic mass is 9.63. The summed E-state index contributed by atoms with van der Waals surface area (Å²) in [6.07, 6.45) is 23.8. The molecule has 0 N–H and O–H groups in total. The highest BCUT2D eigenvalue weighted by Crippen LogP contribution is 2.48. The van der Waals surface area contributed by atoms with Crippen molar-refractivity contribution < 1.29 is 19.1 Å². The molecule has 0 spiro atoms. The molecule has 0 aliphatic carbocycles. The number of hydrogen-bond donors (Lipinski definition) is 1. The summed E-state index contributed by atoms with van der Waals surface area (Å²) in [5, 5.41) is 0. The summed E-state index contributed by atoms with van der Waals surface area (Å²) in [4.78, 5) is 31.3. The van der Waals surface area contributed by atoms with Crippen LogP contribution in [0.4, 0.5) is 0 Å². The monoisotopic (exact) mass is 765 g/mol. The zero-order valence-corrected chi connectivity index (χ0v) is 37.4. The fourth-order valence-corrected chi connectivity index (χ4v) is 8.31. The van der Waals surface area contributed by atoms with Gasteiger partial charge in [0.05, 0.1) is 13.2 Å². The van der Waals surface area contributed by atoms with E-state index in [1.54, 1.807) is 0 Å². The van der Waals surface area contributed by atoms with Crippen LogP contribution in [0, 0.1) is 13.8 Å². The maximum Gasteiger partial charge on any atom is 0.332 e. The molecule has 0 fully saturated rings. The van der Waals surface area contributed by atoms with Crippen LogP contribution in [0.3, 0.4) is 0 Å². The second kappa shape index (κ2) is 24.4. The van der Waals surface area contributed by atoms with Gasteiger partial charge >= 0.3 is 11.9 Å². The first-order valence-corrected chi connectivity index (χ1v) is 22.4. The van der Waals surface area contributed by atoms with E-state index in [0.717, 1.165) is 65.7 Å². The lowest BCUT2D eigenvalue weighted by Crippen LogP contribution is -2.51. The molecule has 0 heterocycles. The number of hydrogen-bond acceptors (Lipinski definition) is 5. The summed E-state index contributed by atoms with van der Waals surface area (Å²) >= 11 is 4.79. The minimum absolute atomic E-state index is 0.272. The topological polar surface area (TPSA) is 52.6 Å². The van der Waals surface area contributed by atoms with Gasteiger partial charge < -0.3 is 9.47 Å². The van der Waals surface area contributed by atoms with Crippen molar-refractivity contribution in [1.82, 2.24) is 0 Å². The number of esters is 2. The standard InChI is InChI=1S/C49H80O4S/c1-11-13-15-17-19-21-23-25-27-29-34-52-45(50)49(43-38(3)32-31-33-41(43)47(5,6)7,44-39(4)36-40(54)37-42(44)48(8,9)10)46(51)53-35-30-28-26-24-22-20-18-16-14-12-2/h31-33,36-37,54H,11-30,34-35H2,1-10H3. The number of rotatable bonds is 26. The number of benzene rings is 2. The summed E-state index contributed by atoms with van der Waals surface area (Å²) in [6.45, 7) is 21.9. The quantitative estimate of drug-likeness (QED) is 0.0449. The van der Waals surface area contributed by atoms with Crippen LogP contribution in [0.5, 0.6) is 0 Å². The van der Waals surface area contributed by atoms with E-state index in [9.17, 15) is 0 Å². The smallest absolute Gasteiger partial charge is 0.332 e. The number of thiol groups is 1. The lowest BCUT2D eigenvalue weighted by Gasteiger charge is -2.40. The fraction of sp³-hybridized carbons (Fsp3) is 0.714. The predicted molar refractivity (Wildman–Crippen MR) is 233 cm³/mol. The Morgan fingerprint density at radius 3 is 1.28 bits per heavy atom. The van der Waals surface area contributed by atoms with Crippen LogP contribution in [0.25, 0.3) is 0 Å². The minimum Gasteiger partial charge on any atom is -0.464 e. The van der Waals surface area contributed by atoms with E-state index in [1.807, 2.05) is 38.1 Å². The Balaban J connectivity index is 2.51. The first kappa shape index (κ1) is 47.9. The highest BCUT2D eigenvalue weighted by molar-refractivity contribution is 7.80. The highest BCUT2D eigenvalue weighted by Gasteiger charge is 2.57. The molecule has 4 nitrogen and oxygen atoms in total. The molecule has 306 valence electrons. The van der Waals surface area contributed by atoms with Crippen LogP contribution in [-0.4, -0.2) is 25.2 Å². The zero-order valence-electron chi connectivity index (χ0n) is 36.5. The zero-order chi connectivity index (χ0) is 40.2. The summed E-state index contributed by atoms with van der Waals surface area (Å²) in [6, 6.07) is 10.1. The van der Waals surface area contributed by atoms with Crippen LogP contribution < -0.4 is 0 Å². The molecule has 0 unspecified atom stereocenters. The van der Waals surface area contributed by atoms with Crippen molar-refractivity contribution in [3.8, 4) is 0 Å². The Hall–Kier alpha value is -2.27. The molecule has 0 saturated carbocycles. The third-order valence-electron chi connectivity index (χ3n) is 11.0. The summed E-state index contributed by atoms with van der Waals surface area (Å²) in [5.74, 6) is -1.07. The van der Waals surface area contributed by atoms with Gasteiger partial charge in [-0.15, -0.1) is 12.6 Å². The lowest BCUT2D eigenvalue weighted by molar-refractivity contribution is -0.163. The van der Waals surface area contributed by atoms with E-state index >= 15 is 9.59 Å². The van der Waals surface area contributed by atoms with Crippen LogP contribution in [0.15, 0.2) is 35.2 Å². The van der Waals surface area contributed by atoms with Crippen LogP contribution in [0.1, 0.15) is 217 Å². The van der Waals surface area contributed by atoms with E-state index in [1.165, 1.54) is 89.9 Å². The molecule has 0 aliphatic heterocycles. The Morgan fingerprint density at radius 1 is 0.519 bits per heavy atom. The first-order valence-electron chi connectivity index (χ1n) is 21.9. The molecule has 0 bridgehead atoms. The Kier molecular flexibility index (Phi) is 21.6. The average molecular weight is 765 g/mol. The molecular formula is C49H80O4S. The maximum atomic E-state index is 15.3. The molecule has 0 saturated heterocycles. The third-order valence-corrected chi connectivity index (χ3v) is 11.3. The first-order chi connectivity index (χ1) is 25.6. The van der Waals surface area contributed by atoms with Crippen LogP contribution in [-0.2, 0) is 35.3 Å². The van der Waals surface area contributed by atoms with Gasteiger partial charge in [-0.3, -0.25) is 9.59 Å². The van der Waals surface area contributed by atoms with Crippen molar-refractivity contribution >= 4 is 24.6 Å². The normalized spacial score (nSPS) is 12.3. The van der Waals surface area contributed by atoms with Crippen molar-refractivity contribution in [2.75, 3.05) is 13.2 Å². The van der Waals surface area contributed by atoms with Crippen molar-refractivity contribution in [1.29, 1.82) is 0 Å². The molecule has 54 heavy (non-hydrogen) atoms. The van der Waals surface area contributed by atoms with Crippen molar-refractivity contribution in [2.24, 2.45) is 0 Å². The number of carbonyl (C=O) groups excluding carboxylic acids is 2. The van der Waals surface area contributed by atoms with E-state index in [4.69, 9.17) is 22.1 Å². The summed E-state index contributed by atoms with van der Waals surface area (Å²) in [5.41, 5.74) is 2.37. The highest BCUT2D eigenvalue weighted by atomic mass is 32.1. The van der Waals surface area contributed by atoms with Crippen LogP contribution >= 0.6 is 12.6 Å². The van der Waals surface area contributed by atoms with E-state index in [2.05, 4.69) is 61.5 Å². The van der Waals surface area contributed by atoms with Crippen LogP contribution in [0.2, 0.25) is 0 Å². The third kappa shape index (κ3) is 14.7. The number of carbonyl (C=O) groups is 2. The van der Waals surface area contributed by atoms with Crippen molar-refractivity contribution in [3.05, 3.63) is 63.7 Å². The molecule has 2 rings (SSSR count). The summed E-state index contributed by atoms with van der Waals surface area (Å²) in [7, 11) is 0. The average Bonchev–Trinajstić information content (AvgIpc) is 3.10. The van der Waals surface area contributed by atoms with Gasteiger partial charge in [-0.05, 0) is 83.0 Å². The van der Waals surface area contributed by atoms with Gasteiger partial charge in [-0.1, -0.05) is 189 Å². The summed E-state index contributed by atoms with van der Waals surface area (Å²) < 4.78 is 12.7. The number of aryl methyl sites for hydroxylation is 2. The molecule has 0 aliphatic rings. The van der Waals surface area contributed by atoms with Gasteiger partial charge in [0.15, 0.2) is 0 Å². The fourth-order valence-electron chi connectivity index (χ4n) is 7.99. The molecule has 0 atom stereocenters. The van der Waals surface area contributed by atoms with Gasteiger partial charge in [0, 0.05) is 4.90 Å². The minimum atomic E-state index is -1.81. The molecule has 0 radical (unpaired) electrons. The number of unbranched alkanes of at least 4 members (excludes halogenated alkanes) is 18. The number of ether oxygens (including phenoxy) is 2. The van der Waals surface area contributed by atoms with E-state index in [0.29, 0.717) is 11.1 Å². The van der Waals surface area contributed by atoms with Gasteiger partial charge in [0.1, 0.15) is 0 Å². The predicted octanol–water partition coefficient (Wildman–Crippen LogP) is 14.4. The molecular weight excluding hydrogens is 685 g/mol. The van der Waals surface area contributed by atoms with Crippen molar-refractivity contribution in [3.63, 3.8) is 0 Å². The van der Waals surface area contributed by atoms with Gasteiger partial charge in [0.2, 0.25) is 5.41 Å². The Morgan fingerprint density at radius 2 is 0.889 bits per heavy atom. The van der Waals surface area contributed by atoms with E-state index in [-0.39, 0.29) is 18.6 Å².